The van der Waals surface area contributed by atoms with E-state index in [9.17, 15) is 4.79 Å². The largest absolute Gasteiger partial charge is 0.478 e. The van der Waals surface area contributed by atoms with Gasteiger partial charge in [-0.15, -0.1) is 10.2 Å². The molecular weight excluding hydrogens is 436 g/mol. The smallest absolute Gasteiger partial charge is 0.267 e. The molecule has 170 valence electrons. The molecule has 1 N–H and O–H groups in total. The van der Waals surface area contributed by atoms with Crippen LogP contribution in [0.4, 0.5) is 5.69 Å². The Morgan fingerprint density at radius 2 is 1.61 bits per heavy atom. The number of hydrogen-bond donors (Lipinski definition) is 1. The predicted octanol–water partition coefficient (Wildman–Crippen LogP) is 6.30. The fourth-order valence-electron chi connectivity index (χ4n) is 3.43. The Hall–Kier alpha value is -3.38. The van der Waals surface area contributed by atoms with Crippen molar-refractivity contribution < 1.29 is 9.53 Å². The summed E-state index contributed by atoms with van der Waals surface area (Å²) in [6.07, 6.45) is 0. The van der Waals surface area contributed by atoms with Crippen LogP contribution in [0, 0.1) is 6.92 Å². The lowest BCUT2D eigenvalue weighted by Gasteiger charge is -2.25. The molecule has 0 fully saturated rings. The molecule has 4 aromatic rings. The third kappa shape index (κ3) is 5.01. The van der Waals surface area contributed by atoms with Crippen LogP contribution in [-0.2, 0) is 4.79 Å². The lowest BCUT2D eigenvalue weighted by Crippen LogP contribution is -2.42. The number of rotatable bonds is 6. The Morgan fingerprint density at radius 1 is 1.00 bits per heavy atom. The average Bonchev–Trinajstić information content (AvgIpc) is 3.18. The summed E-state index contributed by atoms with van der Waals surface area (Å²) < 4.78 is 5.90. The van der Waals surface area contributed by atoms with Crippen LogP contribution < -0.4 is 10.1 Å². The summed E-state index contributed by atoms with van der Waals surface area (Å²) in [6, 6.07) is 18.9. The topological polar surface area (TPSA) is 69.0 Å². The van der Waals surface area contributed by atoms with Gasteiger partial charge < -0.3 is 10.1 Å². The zero-order valence-electron chi connectivity index (χ0n) is 19.4. The first-order chi connectivity index (χ1) is 15.6. The SMILES string of the molecule is Cc1cc2nn(-c3ccc(C(C)C)cc3)nc2cc1NC(=O)C(C)(C)Oc1ccc(Cl)cc1. The Balaban J connectivity index is 1.55. The molecule has 0 spiro atoms. The Bertz CT molecular complexity index is 1290. The quantitative estimate of drug-likeness (QED) is 0.365. The number of anilines is 1. The standard InChI is InChI=1S/C26H27ClN4O2/c1-16(2)18-6-10-20(11-7-18)31-29-23-14-17(3)22(15-24(23)30-31)28-25(32)26(4,5)33-21-12-8-19(27)9-13-21/h6-16H,1-5H3,(H,28,32). The number of aromatic nitrogens is 3. The van der Waals surface area contributed by atoms with E-state index < -0.39 is 5.60 Å². The highest BCUT2D eigenvalue weighted by Gasteiger charge is 2.30. The molecule has 33 heavy (non-hydrogen) atoms. The van der Waals surface area contributed by atoms with E-state index in [1.807, 2.05) is 31.2 Å². The maximum atomic E-state index is 13.0. The second-order valence-corrected chi connectivity index (χ2v) is 9.35. The van der Waals surface area contributed by atoms with Crippen molar-refractivity contribution in [3.05, 3.63) is 76.8 Å². The van der Waals surface area contributed by atoms with Gasteiger partial charge in [0.05, 0.1) is 5.69 Å². The molecule has 0 bridgehead atoms. The highest BCUT2D eigenvalue weighted by molar-refractivity contribution is 6.30. The van der Waals surface area contributed by atoms with Gasteiger partial charge in [0.2, 0.25) is 0 Å². The van der Waals surface area contributed by atoms with Gasteiger partial charge in [-0.2, -0.15) is 4.80 Å². The maximum absolute atomic E-state index is 13.0. The predicted molar refractivity (Wildman–Crippen MR) is 132 cm³/mol. The van der Waals surface area contributed by atoms with Gasteiger partial charge in [0.25, 0.3) is 5.91 Å². The summed E-state index contributed by atoms with van der Waals surface area (Å²) in [5, 5.41) is 12.8. The molecule has 3 aromatic carbocycles. The first-order valence-electron chi connectivity index (χ1n) is 10.9. The number of halogens is 1. The fraction of sp³-hybridized carbons (Fsp3) is 0.269. The van der Waals surface area contributed by atoms with Crippen molar-refractivity contribution in [3.8, 4) is 11.4 Å². The van der Waals surface area contributed by atoms with Crippen LogP contribution in [0.2, 0.25) is 5.02 Å². The van der Waals surface area contributed by atoms with Crippen LogP contribution in [0.1, 0.15) is 44.7 Å². The molecular formula is C26H27ClN4O2. The number of aryl methyl sites for hydroxylation is 1. The van der Waals surface area contributed by atoms with Crippen molar-refractivity contribution in [1.82, 2.24) is 15.0 Å². The van der Waals surface area contributed by atoms with E-state index in [-0.39, 0.29) is 5.91 Å². The first kappa shape index (κ1) is 22.8. The minimum atomic E-state index is -1.09. The molecule has 0 aliphatic rings. The summed E-state index contributed by atoms with van der Waals surface area (Å²) >= 11 is 5.93. The summed E-state index contributed by atoms with van der Waals surface area (Å²) in [5.41, 5.74) is 4.07. The summed E-state index contributed by atoms with van der Waals surface area (Å²) in [5.74, 6) is 0.764. The molecule has 1 amide bonds. The van der Waals surface area contributed by atoms with Crippen molar-refractivity contribution in [2.45, 2.75) is 46.1 Å². The molecule has 0 atom stereocenters. The number of fused-ring (bicyclic) bond motifs is 1. The van der Waals surface area contributed by atoms with Gasteiger partial charge in [0.1, 0.15) is 16.8 Å². The van der Waals surface area contributed by atoms with Crippen molar-refractivity contribution in [2.24, 2.45) is 0 Å². The molecule has 1 heterocycles. The molecule has 4 rings (SSSR count). The van der Waals surface area contributed by atoms with E-state index in [1.54, 1.807) is 42.9 Å². The summed E-state index contributed by atoms with van der Waals surface area (Å²) in [7, 11) is 0. The van der Waals surface area contributed by atoms with E-state index in [1.165, 1.54) is 5.56 Å². The van der Waals surface area contributed by atoms with Crippen molar-refractivity contribution in [1.29, 1.82) is 0 Å². The number of nitrogens with one attached hydrogen (secondary N) is 1. The molecule has 0 aliphatic carbocycles. The van der Waals surface area contributed by atoms with Crippen molar-refractivity contribution in [2.75, 3.05) is 5.32 Å². The Kier molecular flexibility index (Phi) is 6.13. The van der Waals surface area contributed by atoms with Crippen LogP contribution >= 0.6 is 11.6 Å². The lowest BCUT2D eigenvalue weighted by atomic mass is 10.0. The van der Waals surface area contributed by atoms with E-state index in [4.69, 9.17) is 16.3 Å². The molecule has 6 nitrogen and oxygen atoms in total. The minimum Gasteiger partial charge on any atom is -0.478 e. The van der Waals surface area contributed by atoms with Gasteiger partial charge in [0.15, 0.2) is 5.60 Å². The third-order valence-electron chi connectivity index (χ3n) is 5.50. The number of hydrogen-bond acceptors (Lipinski definition) is 4. The number of amides is 1. The van der Waals surface area contributed by atoms with E-state index in [2.05, 4.69) is 41.5 Å². The molecule has 0 radical (unpaired) electrons. The van der Waals surface area contributed by atoms with Gasteiger partial charge >= 0.3 is 0 Å². The van der Waals surface area contributed by atoms with Crippen molar-refractivity contribution >= 4 is 34.2 Å². The van der Waals surface area contributed by atoms with E-state index in [0.29, 0.717) is 27.9 Å². The molecule has 0 unspecified atom stereocenters. The van der Waals surface area contributed by atoms with Crippen LogP contribution in [0.15, 0.2) is 60.7 Å². The molecule has 0 saturated carbocycles. The maximum Gasteiger partial charge on any atom is 0.267 e. The van der Waals surface area contributed by atoms with Crippen molar-refractivity contribution in [3.63, 3.8) is 0 Å². The zero-order chi connectivity index (χ0) is 23.8. The van der Waals surface area contributed by atoms with Gasteiger partial charge in [0, 0.05) is 10.7 Å². The first-order valence-corrected chi connectivity index (χ1v) is 11.2. The zero-order valence-corrected chi connectivity index (χ0v) is 20.1. The van der Waals surface area contributed by atoms with Gasteiger partial charge in [-0.1, -0.05) is 37.6 Å². The molecule has 0 saturated heterocycles. The number of benzene rings is 3. The fourth-order valence-corrected chi connectivity index (χ4v) is 3.55. The summed E-state index contributed by atoms with van der Waals surface area (Å²) in [4.78, 5) is 14.6. The van der Waals surface area contributed by atoms with Crippen LogP contribution in [0.5, 0.6) is 5.75 Å². The van der Waals surface area contributed by atoms with Crippen LogP contribution in [-0.4, -0.2) is 26.5 Å². The monoisotopic (exact) mass is 462 g/mol. The lowest BCUT2D eigenvalue weighted by molar-refractivity contribution is -0.128. The molecule has 7 heteroatoms. The molecule has 1 aromatic heterocycles. The minimum absolute atomic E-state index is 0.267. The van der Waals surface area contributed by atoms with Gasteiger partial charge in [-0.3, -0.25) is 4.79 Å². The van der Waals surface area contributed by atoms with Crippen LogP contribution in [0.3, 0.4) is 0 Å². The Labute approximate surface area is 198 Å². The van der Waals surface area contributed by atoms with Crippen LogP contribution in [0.25, 0.3) is 16.7 Å². The van der Waals surface area contributed by atoms with E-state index >= 15 is 0 Å². The normalized spacial score (nSPS) is 11.7. The van der Waals surface area contributed by atoms with Gasteiger partial charge in [-0.05, 0) is 86.3 Å². The number of ether oxygens (including phenoxy) is 1. The highest BCUT2D eigenvalue weighted by atomic mass is 35.5. The second kappa shape index (κ2) is 8.87. The van der Waals surface area contributed by atoms with E-state index in [0.717, 1.165) is 16.8 Å². The summed E-state index contributed by atoms with van der Waals surface area (Å²) in [6.45, 7) is 9.70. The number of carbonyl (C=O) groups excluding carboxylic acids is 1. The van der Waals surface area contributed by atoms with Gasteiger partial charge in [-0.25, -0.2) is 0 Å². The second-order valence-electron chi connectivity index (χ2n) is 8.91. The average molecular weight is 463 g/mol. The molecule has 0 aliphatic heterocycles. The number of nitrogens with zero attached hydrogens (tertiary/aromatic N) is 3. The Morgan fingerprint density at radius 3 is 2.21 bits per heavy atom. The number of carbonyl (C=O) groups is 1. The highest BCUT2D eigenvalue weighted by Crippen LogP contribution is 2.26. The third-order valence-corrected chi connectivity index (χ3v) is 5.75.